The van der Waals surface area contributed by atoms with Crippen LogP contribution >= 0.6 is 0 Å². The van der Waals surface area contributed by atoms with Crippen molar-refractivity contribution in [2.45, 2.75) is 26.4 Å². The van der Waals surface area contributed by atoms with Crippen molar-refractivity contribution in [3.8, 4) is 0 Å². The van der Waals surface area contributed by atoms with Gasteiger partial charge in [0.1, 0.15) is 5.82 Å². The summed E-state index contributed by atoms with van der Waals surface area (Å²) in [5.41, 5.74) is 1.94. The molecule has 0 saturated carbocycles. The van der Waals surface area contributed by atoms with E-state index in [0.29, 0.717) is 0 Å². The molecule has 0 aliphatic carbocycles. The van der Waals surface area contributed by atoms with E-state index in [4.69, 9.17) is 4.74 Å². The Morgan fingerprint density at radius 2 is 2.18 bits per heavy atom. The van der Waals surface area contributed by atoms with Gasteiger partial charge in [-0.05, 0) is 30.5 Å². The molecule has 0 bridgehead atoms. The van der Waals surface area contributed by atoms with Crippen LogP contribution in [0.25, 0.3) is 0 Å². The maximum Gasteiger partial charge on any atom is 0.128 e. The van der Waals surface area contributed by atoms with Crippen LogP contribution in [0.5, 0.6) is 0 Å². The topological polar surface area (TPSA) is 45.6 Å². The van der Waals surface area contributed by atoms with Gasteiger partial charge in [-0.25, -0.2) is 4.98 Å². The first-order valence-electron chi connectivity index (χ1n) is 6.02. The van der Waals surface area contributed by atoms with Crippen LogP contribution in [-0.4, -0.2) is 37.4 Å². The zero-order chi connectivity index (χ0) is 12.7. The minimum absolute atomic E-state index is 0.0639. The van der Waals surface area contributed by atoms with Gasteiger partial charge >= 0.3 is 0 Å². The average molecular weight is 238 g/mol. The number of aliphatic hydroxyl groups excluding tert-OH is 1. The van der Waals surface area contributed by atoms with E-state index in [9.17, 15) is 5.11 Å². The van der Waals surface area contributed by atoms with E-state index in [1.165, 1.54) is 0 Å². The Balaban J connectivity index is 2.73. The first-order valence-corrected chi connectivity index (χ1v) is 6.02. The van der Waals surface area contributed by atoms with E-state index in [2.05, 4.69) is 16.8 Å². The van der Waals surface area contributed by atoms with Crippen LogP contribution in [0.4, 0.5) is 5.82 Å². The average Bonchev–Trinajstić information content (AvgIpc) is 2.38. The van der Waals surface area contributed by atoms with Gasteiger partial charge in [0, 0.05) is 33.0 Å². The number of methoxy groups -OCH3 is 1. The fraction of sp³-hybridized carbons (Fsp3) is 0.615. The summed E-state index contributed by atoms with van der Waals surface area (Å²) < 4.78 is 5.03. The molecule has 0 spiro atoms. The van der Waals surface area contributed by atoms with Crippen LogP contribution in [0, 0.1) is 0 Å². The van der Waals surface area contributed by atoms with E-state index in [1.54, 1.807) is 7.11 Å². The summed E-state index contributed by atoms with van der Waals surface area (Å²) in [6, 6.07) is 3.89. The van der Waals surface area contributed by atoms with Crippen LogP contribution in [-0.2, 0) is 17.8 Å². The molecule has 0 amide bonds. The van der Waals surface area contributed by atoms with Gasteiger partial charge in [0.05, 0.1) is 6.61 Å². The van der Waals surface area contributed by atoms with Crippen LogP contribution in [0.2, 0.25) is 0 Å². The van der Waals surface area contributed by atoms with Crippen LogP contribution in [0.1, 0.15) is 24.6 Å². The Morgan fingerprint density at radius 1 is 1.41 bits per heavy atom. The first-order chi connectivity index (χ1) is 8.21. The molecule has 0 aliphatic rings. The van der Waals surface area contributed by atoms with Crippen LogP contribution < -0.4 is 4.90 Å². The molecule has 1 N–H and O–H groups in total. The molecule has 1 heterocycles. The number of pyridine rings is 1. The second kappa shape index (κ2) is 7.25. The molecule has 4 nitrogen and oxygen atoms in total. The molecule has 0 aromatic carbocycles. The Bertz CT molecular complexity index is 320. The highest BCUT2D eigenvalue weighted by molar-refractivity contribution is 5.41. The molecule has 4 heteroatoms. The van der Waals surface area contributed by atoms with Crippen molar-refractivity contribution in [2.24, 2.45) is 0 Å². The van der Waals surface area contributed by atoms with Crippen molar-refractivity contribution >= 4 is 5.82 Å². The first kappa shape index (κ1) is 13.9. The van der Waals surface area contributed by atoms with E-state index in [0.717, 1.165) is 43.1 Å². The minimum atomic E-state index is 0.0639. The molecule has 1 aromatic heterocycles. The zero-order valence-corrected chi connectivity index (χ0v) is 10.9. The highest BCUT2D eigenvalue weighted by atomic mass is 16.5. The molecule has 0 saturated heterocycles. The van der Waals surface area contributed by atoms with Gasteiger partial charge in [-0.15, -0.1) is 0 Å². The number of aryl methyl sites for hydroxylation is 1. The normalized spacial score (nSPS) is 10.6. The number of hydrogen-bond donors (Lipinski definition) is 1. The molecule has 96 valence electrons. The summed E-state index contributed by atoms with van der Waals surface area (Å²) in [6.45, 7) is 3.79. The summed E-state index contributed by atoms with van der Waals surface area (Å²) in [5, 5.41) is 9.21. The standard InChI is InChI=1S/C13H22N2O2/c1-4-12-8-11(10-16)9-13(14-12)15(2)6-5-7-17-3/h8-9,16H,4-7,10H2,1-3H3. The number of nitrogens with zero attached hydrogens (tertiary/aromatic N) is 2. The summed E-state index contributed by atoms with van der Waals surface area (Å²) >= 11 is 0. The molecular weight excluding hydrogens is 216 g/mol. The van der Waals surface area contributed by atoms with Crippen LogP contribution in [0.3, 0.4) is 0 Å². The molecule has 17 heavy (non-hydrogen) atoms. The minimum Gasteiger partial charge on any atom is -0.392 e. The van der Waals surface area contributed by atoms with Crippen molar-refractivity contribution in [1.82, 2.24) is 4.98 Å². The lowest BCUT2D eigenvalue weighted by Crippen LogP contribution is -2.21. The van der Waals surface area contributed by atoms with Gasteiger partial charge < -0.3 is 14.7 Å². The number of anilines is 1. The van der Waals surface area contributed by atoms with Gasteiger partial charge in [0.15, 0.2) is 0 Å². The van der Waals surface area contributed by atoms with Gasteiger partial charge in [-0.1, -0.05) is 6.92 Å². The van der Waals surface area contributed by atoms with Crippen molar-refractivity contribution in [3.05, 3.63) is 23.4 Å². The van der Waals surface area contributed by atoms with Gasteiger partial charge in [0.25, 0.3) is 0 Å². The number of hydrogen-bond acceptors (Lipinski definition) is 4. The summed E-state index contributed by atoms with van der Waals surface area (Å²) in [6.07, 6.45) is 1.85. The van der Waals surface area contributed by atoms with Crippen LogP contribution in [0.15, 0.2) is 12.1 Å². The second-order valence-electron chi connectivity index (χ2n) is 4.10. The summed E-state index contributed by atoms with van der Waals surface area (Å²) in [7, 11) is 3.72. The second-order valence-corrected chi connectivity index (χ2v) is 4.10. The van der Waals surface area contributed by atoms with Gasteiger partial charge in [-0.3, -0.25) is 0 Å². The molecule has 0 fully saturated rings. The summed E-state index contributed by atoms with van der Waals surface area (Å²) in [4.78, 5) is 6.65. The Kier molecular flexibility index (Phi) is 5.94. The molecule has 1 rings (SSSR count). The number of rotatable bonds is 7. The molecule has 0 aliphatic heterocycles. The monoisotopic (exact) mass is 238 g/mol. The van der Waals surface area contributed by atoms with Gasteiger partial charge in [0.2, 0.25) is 0 Å². The Labute approximate surface area is 103 Å². The highest BCUT2D eigenvalue weighted by Crippen LogP contribution is 2.15. The molecular formula is C13H22N2O2. The van der Waals surface area contributed by atoms with E-state index in [1.807, 2.05) is 19.2 Å². The van der Waals surface area contributed by atoms with Crippen molar-refractivity contribution in [2.75, 3.05) is 32.2 Å². The smallest absolute Gasteiger partial charge is 0.128 e. The number of ether oxygens (including phenoxy) is 1. The maximum atomic E-state index is 9.21. The van der Waals surface area contributed by atoms with Crippen molar-refractivity contribution in [1.29, 1.82) is 0 Å². The van der Waals surface area contributed by atoms with E-state index in [-0.39, 0.29) is 6.61 Å². The van der Waals surface area contributed by atoms with E-state index >= 15 is 0 Å². The van der Waals surface area contributed by atoms with Crippen molar-refractivity contribution < 1.29 is 9.84 Å². The zero-order valence-electron chi connectivity index (χ0n) is 10.9. The summed E-state index contributed by atoms with van der Waals surface area (Å²) in [5.74, 6) is 0.921. The SMILES string of the molecule is CCc1cc(CO)cc(N(C)CCCOC)n1. The Morgan fingerprint density at radius 3 is 2.76 bits per heavy atom. The third kappa shape index (κ3) is 4.32. The molecule has 0 atom stereocenters. The fourth-order valence-electron chi connectivity index (χ4n) is 1.66. The number of aliphatic hydroxyl groups is 1. The third-order valence-electron chi connectivity index (χ3n) is 2.70. The van der Waals surface area contributed by atoms with Gasteiger partial charge in [-0.2, -0.15) is 0 Å². The molecule has 0 unspecified atom stereocenters. The predicted octanol–water partition coefficient (Wildman–Crippen LogP) is 1.61. The number of aromatic nitrogens is 1. The fourth-order valence-corrected chi connectivity index (χ4v) is 1.66. The Hall–Kier alpha value is -1.13. The maximum absolute atomic E-state index is 9.21. The van der Waals surface area contributed by atoms with Crippen molar-refractivity contribution in [3.63, 3.8) is 0 Å². The predicted molar refractivity (Wildman–Crippen MR) is 69.3 cm³/mol. The third-order valence-corrected chi connectivity index (χ3v) is 2.70. The highest BCUT2D eigenvalue weighted by Gasteiger charge is 2.05. The molecule has 1 aromatic rings. The van der Waals surface area contributed by atoms with E-state index < -0.39 is 0 Å². The quantitative estimate of drug-likeness (QED) is 0.733. The lowest BCUT2D eigenvalue weighted by Gasteiger charge is -2.19. The molecule has 0 radical (unpaired) electrons. The lowest BCUT2D eigenvalue weighted by atomic mass is 10.2. The lowest BCUT2D eigenvalue weighted by molar-refractivity contribution is 0.196. The largest absolute Gasteiger partial charge is 0.392 e.